The van der Waals surface area contributed by atoms with E-state index in [1.165, 1.54) is 12.3 Å². The minimum absolute atomic E-state index is 0.0947. The fourth-order valence-corrected chi connectivity index (χ4v) is 2.42. The van der Waals surface area contributed by atoms with Crippen molar-refractivity contribution in [1.29, 1.82) is 0 Å². The Kier molecular flexibility index (Phi) is 2.77. The lowest BCUT2D eigenvalue weighted by Crippen LogP contribution is -2.30. The molecule has 1 aromatic carbocycles. The minimum atomic E-state index is -0.433. The quantitative estimate of drug-likeness (QED) is 0.759. The number of benzene rings is 1. The van der Waals surface area contributed by atoms with E-state index < -0.39 is 11.8 Å². The topological polar surface area (TPSA) is 50.3 Å². The van der Waals surface area contributed by atoms with Crippen LogP contribution in [-0.2, 0) is 0 Å². The number of aromatic nitrogens is 1. The number of pyridine rings is 1. The minimum Gasteiger partial charge on any atom is -0.268 e. The molecular formula is C13H6Cl2N2O2. The Morgan fingerprint density at radius 2 is 1.58 bits per heavy atom. The molecule has 1 aliphatic heterocycles. The van der Waals surface area contributed by atoms with Crippen molar-refractivity contribution in [2.24, 2.45) is 0 Å². The van der Waals surface area contributed by atoms with Crippen LogP contribution < -0.4 is 4.90 Å². The van der Waals surface area contributed by atoms with E-state index >= 15 is 0 Å². The molecule has 0 spiro atoms. The number of fused-ring (bicyclic) bond motifs is 1. The molecule has 0 saturated heterocycles. The van der Waals surface area contributed by atoms with Gasteiger partial charge in [-0.15, -0.1) is 0 Å². The number of hydrogen-bond donors (Lipinski definition) is 0. The number of rotatable bonds is 1. The molecule has 94 valence electrons. The zero-order chi connectivity index (χ0) is 13.6. The van der Waals surface area contributed by atoms with Crippen molar-refractivity contribution >= 4 is 40.8 Å². The predicted molar refractivity (Wildman–Crippen MR) is 71.8 cm³/mol. The number of amides is 2. The van der Waals surface area contributed by atoms with Gasteiger partial charge in [0.2, 0.25) is 0 Å². The first-order valence-corrected chi connectivity index (χ1v) is 6.14. The number of carbonyl (C=O) groups is 2. The molecule has 2 aromatic rings. The molecule has 0 radical (unpaired) electrons. The maximum absolute atomic E-state index is 12.2. The van der Waals surface area contributed by atoms with Gasteiger partial charge in [0.05, 0.1) is 21.2 Å². The van der Waals surface area contributed by atoms with Gasteiger partial charge in [-0.05, 0) is 18.2 Å². The van der Waals surface area contributed by atoms with Gasteiger partial charge in [-0.3, -0.25) is 9.59 Å². The maximum atomic E-state index is 12.2. The average molecular weight is 293 g/mol. The molecule has 0 fully saturated rings. The highest BCUT2D eigenvalue weighted by atomic mass is 35.5. The van der Waals surface area contributed by atoms with Crippen LogP contribution >= 0.6 is 23.2 Å². The summed E-state index contributed by atoms with van der Waals surface area (Å²) < 4.78 is 0. The predicted octanol–water partition coefficient (Wildman–Crippen LogP) is 3.19. The van der Waals surface area contributed by atoms with E-state index in [4.69, 9.17) is 23.2 Å². The average Bonchev–Trinajstić information content (AvgIpc) is 2.64. The summed E-state index contributed by atoms with van der Waals surface area (Å²) in [7, 11) is 0. The lowest BCUT2D eigenvalue weighted by Gasteiger charge is -2.13. The normalized spacial score (nSPS) is 13.9. The molecule has 2 heterocycles. The molecule has 19 heavy (non-hydrogen) atoms. The molecule has 0 unspecified atom stereocenters. The highest BCUT2D eigenvalue weighted by molar-refractivity contribution is 6.40. The Balaban J connectivity index is 2.14. The number of halogens is 2. The van der Waals surface area contributed by atoms with E-state index in [9.17, 15) is 9.59 Å². The number of anilines is 1. The summed E-state index contributed by atoms with van der Waals surface area (Å²) in [5, 5.41) is 0.493. The fraction of sp³-hybridized carbons (Fsp3) is 0. The van der Waals surface area contributed by atoms with Crippen LogP contribution in [0.1, 0.15) is 20.7 Å². The molecule has 0 N–H and O–H groups in total. The molecule has 0 atom stereocenters. The van der Waals surface area contributed by atoms with Gasteiger partial charge in [-0.2, -0.15) is 0 Å². The Hall–Kier alpha value is -1.91. The zero-order valence-electron chi connectivity index (χ0n) is 9.43. The van der Waals surface area contributed by atoms with Crippen molar-refractivity contribution < 1.29 is 9.59 Å². The molecular weight excluding hydrogens is 287 g/mol. The van der Waals surface area contributed by atoms with Crippen LogP contribution in [0.4, 0.5) is 5.82 Å². The van der Waals surface area contributed by atoms with Crippen molar-refractivity contribution in [2.45, 2.75) is 0 Å². The summed E-state index contributed by atoms with van der Waals surface area (Å²) in [4.78, 5) is 29.4. The summed E-state index contributed by atoms with van der Waals surface area (Å²) in [5.41, 5.74) is 0.695. The van der Waals surface area contributed by atoms with E-state index in [0.29, 0.717) is 16.1 Å². The molecule has 0 bridgehead atoms. The monoisotopic (exact) mass is 292 g/mol. The number of nitrogens with zero attached hydrogens (tertiary/aromatic N) is 2. The third kappa shape index (κ3) is 1.80. The lowest BCUT2D eigenvalue weighted by molar-refractivity contribution is 0.0925. The summed E-state index contributed by atoms with van der Waals surface area (Å²) in [6, 6.07) is 8.03. The Morgan fingerprint density at radius 3 is 2.11 bits per heavy atom. The van der Waals surface area contributed by atoms with Crippen LogP contribution in [0.15, 0.2) is 36.5 Å². The van der Waals surface area contributed by atoms with Gasteiger partial charge in [0, 0.05) is 6.20 Å². The highest BCUT2D eigenvalue weighted by Crippen LogP contribution is 2.32. The Labute approximate surface area is 118 Å². The fourth-order valence-electron chi connectivity index (χ4n) is 1.95. The van der Waals surface area contributed by atoms with Gasteiger partial charge in [-0.25, -0.2) is 9.88 Å². The van der Waals surface area contributed by atoms with Crippen LogP contribution in [0.25, 0.3) is 0 Å². The van der Waals surface area contributed by atoms with Gasteiger partial charge in [0.1, 0.15) is 0 Å². The molecule has 1 aromatic heterocycles. The second kappa shape index (κ2) is 4.33. The van der Waals surface area contributed by atoms with E-state index in [2.05, 4.69) is 4.98 Å². The lowest BCUT2D eigenvalue weighted by atomic mass is 10.1. The van der Waals surface area contributed by atoms with E-state index in [1.807, 2.05) is 0 Å². The van der Waals surface area contributed by atoms with Gasteiger partial charge in [-0.1, -0.05) is 35.3 Å². The molecule has 3 rings (SSSR count). The van der Waals surface area contributed by atoms with Crippen LogP contribution in [0.5, 0.6) is 0 Å². The summed E-state index contributed by atoms with van der Waals surface area (Å²) >= 11 is 11.7. The molecule has 0 saturated carbocycles. The molecule has 1 aliphatic rings. The van der Waals surface area contributed by atoms with Crippen molar-refractivity contribution in [2.75, 3.05) is 4.90 Å². The highest BCUT2D eigenvalue weighted by Gasteiger charge is 2.38. The van der Waals surface area contributed by atoms with Crippen molar-refractivity contribution in [3.8, 4) is 0 Å². The van der Waals surface area contributed by atoms with E-state index in [-0.39, 0.29) is 10.8 Å². The largest absolute Gasteiger partial charge is 0.268 e. The summed E-state index contributed by atoms with van der Waals surface area (Å²) in [6.45, 7) is 0. The SMILES string of the molecule is O=C1c2ccccc2C(=O)N1c1ncc(Cl)cc1Cl. The first kappa shape index (κ1) is 12.1. The van der Waals surface area contributed by atoms with Gasteiger partial charge in [0.15, 0.2) is 5.82 Å². The van der Waals surface area contributed by atoms with Gasteiger partial charge >= 0.3 is 0 Å². The maximum Gasteiger partial charge on any atom is 0.267 e. The number of hydrogen-bond acceptors (Lipinski definition) is 3. The van der Waals surface area contributed by atoms with Crippen molar-refractivity contribution in [1.82, 2.24) is 4.98 Å². The standard InChI is InChI=1S/C13H6Cl2N2O2/c14-7-5-10(15)11(16-6-7)17-12(18)8-3-1-2-4-9(8)13(17)19/h1-6H. The molecule has 4 nitrogen and oxygen atoms in total. The summed E-state index contributed by atoms with van der Waals surface area (Å²) in [5.74, 6) is -0.771. The molecule has 0 aliphatic carbocycles. The van der Waals surface area contributed by atoms with E-state index in [0.717, 1.165) is 4.90 Å². The Bertz CT molecular complexity index is 681. The zero-order valence-corrected chi connectivity index (χ0v) is 10.9. The number of imide groups is 1. The third-order valence-electron chi connectivity index (χ3n) is 2.79. The van der Waals surface area contributed by atoms with Gasteiger partial charge < -0.3 is 0 Å². The van der Waals surface area contributed by atoms with Crippen molar-refractivity contribution in [3.05, 3.63) is 57.7 Å². The Morgan fingerprint density at radius 1 is 1.00 bits per heavy atom. The first-order chi connectivity index (χ1) is 9.09. The third-order valence-corrected chi connectivity index (χ3v) is 3.28. The van der Waals surface area contributed by atoms with E-state index in [1.54, 1.807) is 24.3 Å². The molecule has 6 heteroatoms. The van der Waals surface area contributed by atoms with Crippen molar-refractivity contribution in [3.63, 3.8) is 0 Å². The molecule has 2 amide bonds. The van der Waals surface area contributed by atoms with Crippen LogP contribution in [-0.4, -0.2) is 16.8 Å². The number of carbonyl (C=O) groups excluding carboxylic acids is 2. The second-order valence-corrected chi connectivity index (χ2v) is 4.79. The van der Waals surface area contributed by atoms with Gasteiger partial charge in [0.25, 0.3) is 11.8 Å². The van der Waals surface area contributed by atoms with Crippen LogP contribution in [0, 0.1) is 0 Å². The first-order valence-electron chi connectivity index (χ1n) is 5.38. The second-order valence-electron chi connectivity index (χ2n) is 3.95. The smallest absolute Gasteiger partial charge is 0.267 e. The summed E-state index contributed by atoms with van der Waals surface area (Å²) in [6.07, 6.45) is 1.34. The van der Waals surface area contributed by atoms with Crippen LogP contribution in [0.3, 0.4) is 0 Å². The van der Waals surface area contributed by atoms with Crippen LogP contribution in [0.2, 0.25) is 10.0 Å².